The summed E-state index contributed by atoms with van der Waals surface area (Å²) in [5.41, 5.74) is 4.21. The number of aryl methyl sites for hydroxylation is 1. The van der Waals surface area contributed by atoms with Gasteiger partial charge in [0.05, 0.1) is 5.56 Å². The van der Waals surface area contributed by atoms with Crippen molar-refractivity contribution in [3.8, 4) is 5.75 Å². The van der Waals surface area contributed by atoms with Gasteiger partial charge in [0.15, 0.2) is 0 Å². The molecule has 0 spiro atoms. The SMILES string of the molecule is Cc1ccccc1CC(S)c1ccc(OC(=O)c2ccccc2)cc1. The Balaban J connectivity index is 1.66. The average molecular weight is 348 g/mol. The molecule has 3 aromatic carbocycles. The maximum atomic E-state index is 12.1. The Morgan fingerprint density at radius 1 is 0.920 bits per heavy atom. The van der Waals surface area contributed by atoms with Gasteiger partial charge < -0.3 is 4.74 Å². The van der Waals surface area contributed by atoms with Gasteiger partial charge in [-0.05, 0) is 54.3 Å². The summed E-state index contributed by atoms with van der Waals surface area (Å²) in [7, 11) is 0. The lowest BCUT2D eigenvalue weighted by atomic mass is 10.00. The van der Waals surface area contributed by atoms with E-state index in [9.17, 15) is 4.79 Å². The minimum absolute atomic E-state index is 0.0972. The van der Waals surface area contributed by atoms with Gasteiger partial charge in [-0.2, -0.15) is 12.6 Å². The molecule has 3 rings (SSSR count). The molecule has 0 N–H and O–H groups in total. The first-order valence-corrected chi connectivity index (χ1v) is 8.75. The van der Waals surface area contributed by atoms with Crippen LogP contribution in [0.5, 0.6) is 5.75 Å². The maximum absolute atomic E-state index is 12.1. The largest absolute Gasteiger partial charge is 0.423 e. The average Bonchev–Trinajstić information content (AvgIpc) is 2.65. The van der Waals surface area contributed by atoms with Gasteiger partial charge >= 0.3 is 5.97 Å². The molecule has 0 aliphatic carbocycles. The number of thiol groups is 1. The zero-order chi connectivity index (χ0) is 17.6. The van der Waals surface area contributed by atoms with Crippen molar-refractivity contribution in [3.63, 3.8) is 0 Å². The van der Waals surface area contributed by atoms with Crippen molar-refractivity contribution in [1.82, 2.24) is 0 Å². The van der Waals surface area contributed by atoms with Gasteiger partial charge in [-0.1, -0.05) is 54.6 Å². The van der Waals surface area contributed by atoms with Gasteiger partial charge in [0.25, 0.3) is 0 Å². The van der Waals surface area contributed by atoms with E-state index in [0.717, 1.165) is 12.0 Å². The van der Waals surface area contributed by atoms with Crippen LogP contribution in [0.4, 0.5) is 0 Å². The highest BCUT2D eigenvalue weighted by Crippen LogP contribution is 2.27. The van der Waals surface area contributed by atoms with E-state index in [2.05, 4.69) is 25.1 Å². The van der Waals surface area contributed by atoms with Gasteiger partial charge in [-0.15, -0.1) is 0 Å². The van der Waals surface area contributed by atoms with E-state index in [1.807, 2.05) is 48.5 Å². The minimum Gasteiger partial charge on any atom is -0.423 e. The molecule has 2 nitrogen and oxygen atoms in total. The first kappa shape index (κ1) is 17.3. The molecule has 126 valence electrons. The van der Waals surface area contributed by atoms with Gasteiger partial charge in [0.1, 0.15) is 5.75 Å². The third kappa shape index (κ3) is 4.52. The second-order valence-corrected chi connectivity index (χ2v) is 6.59. The number of ether oxygens (including phenoxy) is 1. The second-order valence-electron chi connectivity index (χ2n) is 5.97. The number of esters is 1. The van der Waals surface area contributed by atoms with Crippen LogP contribution >= 0.6 is 12.6 Å². The molecule has 3 aromatic rings. The Kier molecular flexibility index (Phi) is 5.56. The molecule has 0 saturated carbocycles. The molecule has 1 atom stereocenters. The van der Waals surface area contributed by atoms with Crippen LogP contribution in [0.1, 0.15) is 32.3 Å². The van der Waals surface area contributed by atoms with E-state index in [1.54, 1.807) is 12.1 Å². The smallest absolute Gasteiger partial charge is 0.343 e. The van der Waals surface area contributed by atoms with Gasteiger partial charge in [-0.25, -0.2) is 4.79 Å². The molecular weight excluding hydrogens is 328 g/mol. The van der Waals surface area contributed by atoms with Crippen molar-refractivity contribution >= 4 is 18.6 Å². The van der Waals surface area contributed by atoms with Crippen molar-refractivity contribution in [2.24, 2.45) is 0 Å². The van der Waals surface area contributed by atoms with E-state index in [0.29, 0.717) is 11.3 Å². The summed E-state index contributed by atoms with van der Waals surface area (Å²) >= 11 is 4.73. The number of benzene rings is 3. The van der Waals surface area contributed by atoms with E-state index < -0.39 is 0 Å². The number of hydrogen-bond acceptors (Lipinski definition) is 3. The summed E-state index contributed by atoms with van der Waals surface area (Å²) in [6.45, 7) is 2.11. The predicted molar refractivity (Wildman–Crippen MR) is 104 cm³/mol. The Hall–Kier alpha value is -2.52. The standard InChI is InChI=1S/C22H20O2S/c1-16-7-5-6-10-19(16)15-21(25)17-11-13-20(14-12-17)24-22(23)18-8-3-2-4-9-18/h2-14,21,25H,15H2,1H3. The fourth-order valence-electron chi connectivity index (χ4n) is 2.66. The van der Waals surface area contributed by atoms with Gasteiger partial charge in [0, 0.05) is 5.25 Å². The Morgan fingerprint density at radius 2 is 1.56 bits per heavy atom. The van der Waals surface area contributed by atoms with Crippen molar-refractivity contribution in [2.75, 3.05) is 0 Å². The first-order chi connectivity index (χ1) is 12.1. The number of hydrogen-bond donors (Lipinski definition) is 1. The van der Waals surface area contributed by atoms with E-state index in [-0.39, 0.29) is 11.2 Å². The number of carbonyl (C=O) groups is 1. The fourth-order valence-corrected chi connectivity index (χ4v) is 3.03. The van der Waals surface area contributed by atoms with Crippen LogP contribution in [-0.4, -0.2) is 5.97 Å². The zero-order valence-corrected chi connectivity index (χ0v) is 14.9. The maximum Gasteiger partial charge on any atom is 0.343 e. The molecule has 0 aliphatic heterocycles. The van der Waals surface area contributed by atoms with Gasteiger partial charge in [-0.3, -0.25) is 0 Å². The second kappa shape index (κ2) is 8.04. The third-order valence-corrected chi connectivity index (χ3v) is 4.64. The van der Waals surface area contributed by atoms with Gasteiger partial charge in [0.2, 0.25) is 0 Å². The quantitative estimate of drug-likeness (QED) is 0.378. The molecule has 0 saturated heterocycles. The summed E-state index contributed by atoms with van der Waals surface area (Å²) in [6.07, 6.45) is 0.860. The molecule has 3 heteroatoms. The molecule has 0 fully saturated rings. The predicted octanol–water partition coefficient (Wildman–Crippen LogP) is 5.43. The lowest BCUT2D eigenvalue weighted by Crippen LogP contribution is -2.08. The third-order valence-electron chi connectivity index (χ3n) is 4.16. The van der Waals surface area contributed by atoms with Crippen molar-refractivity contribution in [3.05, 3.63) is 101 Å². The van der Waals surface area contributed by atoms with E-state index in [1.165, 1.54) is 11.1 Å². The lowest BCUT2D eigenvalue weighted by Gasteiger charge is -2.13. The number of carbonyl (C=O) groups excluding carboxylic acids is 1. The normalized spacial score (nSPS) is 11.8. The summed E-state index contributed by atoms with van der Waals surface area (Å²) in [6, 6.07) is 24.9. The van der Waals surface area contributed by atoms with Crippen LogP contribution in [0.2, 0.25) is 0 Å². The monoisotopic (exact) mass is 348 g/mol. The molecule has 1 unspecified atom stereocenters. The summed E-state index contributed by atoms with van der Waals surface area (Å²) in [5.74, 6) is 0.185. The first-order valence-electron chi connectivity index (χ1n) is 8.23. The molecule has 25 heavy (non-hydrogen) atoms. The molecule has 0 heterocycles. The van der Waals surface area contributed by atoms with Crippen LogP contribution in [0.15, 0.2) is 78.9 Å². The molecule has 0 aliphatic rings. The van der Waals surface area contributed by atoms with Crippen LogP contribution < -0.4 is 4.74 Å². The zero-order valence-electron chi connectivity index (χ0n) is 14.1. The van der Waals surface area contributed by atoms with Crippen molar-refractivity contribution < 1.29 is 9.53 Å². The highest BCUT2D eigenvalue weighted by molar-refractivity contribution is 7.80. The highest BCUT2D eigenvalue weighted by atomic mass is 32.1. The van der Waals surface area contributed by atoms with Crippen LogP contribution in [0.3, 0.4) is 0 Å². The van der Waals surface area contributed by atoms with Crippen molar-refractivity contribution in [2.45, 2.75) is 18.6 Å². The molecule has 0 bridgehead atoms. The fraction of sp³-hybridized carbons (Fsp3) is 0.136. The minimum atomic E-state index is -0.351. The van der Waals surface area contributed by atoms with E-state index in [4.69, 9.17) is 17.4 Å². The summed E-state index contributed by atoms with van der Waals surface area (Å²) in [5, 5.41) is 0.0972. The highest BCUT2D eigenvalue weighted by Gasteiger charge is 2.11. The summed E-state index contributed by atoms with van der Waals surface area (Å²) < 4.78 is 5.41. The molecule has 0 aromatic heterocycles. The van der Waals surface area contributed by atoms with Crippen LogP contribution in [-0.2, 0) is 6.42 Å². The lowest BCUT2D eigenvalue weighted by molar-refractivity contribution is 0.0734. The Bertz CT molecular complexity index is 841. The Morgan fingerprint density at radius 3 is 2.24 bits per heavy atom. The molecular formula is C22H20O2S. The van der Waals surface area contributed by atoms with Crippen molar-refractivity contribution in [1.29, 1.82) is 0 Å². The molecule has 0 amide bonds. The topological polar surface area (TPSA) is 26.3 Å². The van der Waals surface area contributed by atoms with Crippen LogP contribution in [0, 0.1) is 6.92 Å². The number of rotatable bonds is 5. The van der Waals surface area contributed by atoms with E-state index >= 15 is 0 Å². The Labute approximate surface area is 153 Å². The summed E-state index contributed by atoms with van der Waals surface area (Å²) in [4.78, 5) is 12.1. The molecule has 0 radical (unpaired) electrons. The van der Waals surface area contributed by atoms with Crippen LogP contribution in [0.25, 0.3) is 0 Å².